The minimum Gasteiger partial charge on any atom is -0.325 e. The van der Waals surface area contributed by atoms with Crippen LogP contribution in [0.1, 0.15) is 57.4 Å². The van der Waals surface area contributed by atoms with E-state index in [0.717, 1.165) is 37.8 Å². The zero-order chi connectivity index (χ0) is 17.7. The summed E-state index contributed by atoms with van der Waals surface area (Å²) in [6.45, 7) is 2.16. The lowest BCUT2D eigenvalue weighted by atomic mass is 9.79. The number of rotatable bonds is 5. The van der Waals surface area contributed by atoms with E-state index in [4.69, 9.17) is 11.6 Å². The van der Waals surface area contributed by atoms with Gasteiger partial charge in [0.2, 0.25) is 5.91 Å². The molecule has 0 atom stereocenters. The van der Waals surface area contributed by atoms with Crippen LogP contribution in [-0.4, -0.2) is 5.91 Å². The normalized spacial score (nSPS) is 21.5. The van der Waals surface area contributed by atoms with Crippen LogP contribution < -0.4 is 5.32 Å². The number of carbonyl (C=O) groups excluding carboxylic acids is 1. The van der Waals surface area contributed by atoms with Crippen LogP contribution in [0.4, 0.5) is 18.9 Å². The fourth-order valence-electron chi connectivity index (χ4n) is 3.24. The van der Waals surface area contributed by atoms with Gasteiger partial charge in [-0.1, -0.05) is 37.8 Å². The Bertz CT molecular complexity index is 566. The van der Waals surface area contributed by atoms with Crippen molar-refractivity contribution in [3.63, 3.8) is 0 Å². The van der Waals surface area contributed by atoms with Crippen LogP contribution in [0.2, 0.25) is 5.02 Å². The van der Waals surface area contributed by atoms with Gasteiger partial charge in [0.1, 0.15) is 0 Å². The summed E-state index contributed by atoms with van der Waals surface area (Å²) in [6.07, 6.45) is 2.72. The predicted molar refractivity (Wildman–Crippen MR) is 90.1 cm³/mol. The Morgan fingerprint density at radius 3 is 2.50 bits per heavy atom. The summed E-state index contributed by atoms with van der Waals surface area (Å²) >= 11 is 5.93. The number of amides is 1. The fourth-order valence-corrected chi connectivity index (χ4v) is 3.40. The molecule has 2 rings (SSSR count). The second-order valence-corrected chi connectivity index (χ2v) is 6.95. The Balaban J connectivity index is 1.96. The molecular weight excluding hydrogens is 339 g/mol. The Morgan fingerprint density at radius 2 is 1.92 bits per heavy atom. The van der Waals surface area contributed by atoms with Crippen LogP contribution in [0.15, 0.2) is 18.2 Å². The van der Waals surface area contributed by atoms with E-state index in [0.29, 0.717) is 5.92 Å². The SMILES string of the molecule is CCCCC1CCC(C(=O)Nc2cc(C(F)(F)F)ccc2Cl)CC1. The molecule has 1 N–H and O–H groups in total. The van der Waals surface area contributed by atoms with Crippen molar-refractivity contribution in [3.8, 4) is 0 Å². The molecule has 0 aliphatic heterocycles. The predicted octanol–water partition coefficient (Wildman–Crippen LogP) is 6.29. The van der Waals surface area contributed by atoms with Gasteiger partial charge in [0.25, 0.3) is 0 Å². The first-order valence-corrected chi connectivity index (χ1v) is 8.86. The van der Waals surface area contributed by atoms with Gasteiger partial charge in [-0.2, -0.15) is 13.2 Å². The van der Waals surface area contributed by atoms with Gasteiger partial charge in [-0.15, -0.1) is 0 Å². The molecule has 1 amide bonds. The molecule has 1 fully saturated rings. The van der Waals surface area contributed by atoms with E-state index in [9.17, 15) is 18.0 Å². The quantitative estimate of drug-likeness (QED) is 0.655. The topological polar surface area (TPSA) is 29.1 Å². The maximum Gasteiger partial charge on any atom is 0.416 e. The minimum atomic E-state index is -4.46. The highest BCUT2D eigenvalue weighted by Crippen LogP contribution is 2.36. The van der Waals surface area contributed by atoms with Crippen LogP contribution in [0.25, 0.3) is 0 Å². The number of alkyl halides is 3. The van der Waals surface area contributed by atoms with Gasteiger partial charge >= 0.3 is 6.18 Å². The summed E-state index contributed by atoms with van der Waals surface area (Å²) in [7, 11) is 0. The molecule has 0 aromatic heterocycles. The molecule has 0 unspecified atom stereocenters. The number of nitrogens with one attached hydrogen (secondary N) is 1. The number of unbranched alkanes of at least 4 members (excludes halogenated alkanes) is 1. The molecule has 0 heterocycles. The molecule has 24 heavy (non-hydrogen) atoms. The number of hydrogen-bond acceptors (Lipinski definition) is 1. The summed E-state index contributed by atoms with van der Waals surface area (Å²) in [5.74, 6) is 0.296. The minimum absolute atomic E-state index is 0.0320. The molecule has 0 saturated heterocycles. The molecule has 2 nitrogen and oxygen atoms in total. The summed E-state index contributed by atoms with van der Waals surface area (Å²) < 4.78 is 38.3. The lowest BCUT2D eigenvalue weighted by molar-refractivity contribution is -0.137. The zero-order valence-corrected chi connectivity index (χ0v) is 14.5. The summed E-state index contributed by atoms with van der Waals surface area (Å²) in [6, 6.07) is 2.98. The number of halogens is 4. The first-order chi connectivity index (χ1) is 11.3. The highest BCUT2D eigenvalue weighted by Gasteiger charge is 2.32. The summed E-state index contributed by atoms with van der Waals surface area (Å²) in [5.41, 5.74) is -0.782. The number of carbonyl (C=O) groups is 1. The highest BCUT2D eigenvalue weighted by molar-refractivity contribution is 6.33. The molecule has 6 heteroatoms. The Labute approximate surface area is 145 Å². The molecule has 134 valence electrons. The lowest BCUT2D eigenvalue weighted by Crippen LogP contribution is -2.27. The Hall–Kier alpha value is -1.23. The van der Waals surface area contributed by atoms with Crippen molar-refractivity contribution in [1.82, 2.24) is 0 Å². The molecular formula is C18H23ClF3NO. The van der Waals surface area contributed by atoms with E-state index >= 15 is 0 Å². The van der Waals surface area contributed by atoms with Crippen molar-refractivity contribution in [3.05, 3.63) is 28.8 Å². The largest absolute Gasteiger partial charge is 0.416 e. The van der Waals surface area contributed by atoms with Crippen LogP contribution in [0.3, 0.4) is 0 Å². The molecule has 1 aliphatic carbocycles. The molecule has 0 spiro atoms. The van der Waals surface area contributed by atoms with Crippen molar-refractivity contribution in [2.75, 3.05) is 5.32 Å². The van der Waals surface area contributed by atoms with Crippen LogP contribution >= 0.6 is 11.6 Å². The Kier molecular flexibility index (Phi) is 6.55. The number of anilines is 1. The average Bonchev–Trinajstić information content (AvgIpc) is 2.54. The highest BCUT2D eigenvalue weighted by atomic mass is 35.5. The van der Waals surface area contributed by atoms with E-state index < -0.39 is 11.7 Å². The maximum absolute atomic E-state index is 12.8. The molecule has 1 aliphatic rings. The monoisotopic (exact) mass is 361 g/mol. The van der Waals surface area contributed by atoms with Crippen molar-refractivity contribution < 1.29 is 18.0 Å². The first-order valence-electron chi connectivity index (χ1n) is 8.49. The van der Waals surface area contributed by atoms with E-state index in [2.05, 4.69) is 12.2 Å². The molecule has 0 radical (unpaired) electrons. The third-order valence-electron chi connectivity index (χ3n) is 4.74. The number of benzene rings is 1. The molecule has 0 bridgehead atoms. The second-order valence-electron chi connectivity index (χ2n) is 6.54. The summed E-state index contributed by atoms with van der Waals surface area (Å²) in [5, 5.41) is 2.70. The number of hydrogen-bond donors (Lipinski definition) is 1. The van der Waals surface area contributed by atoms with Crippen LogP contribution in [0, 0.1) is 11.8 Å². The van der Waals surface area contributed by atoms with Crippen molar-refractivity contribution in [2.45, 2.75) is 58.0 Å². The van der Waals surface area contributed by atoms with E-state index in [1.54, 1.807) is 0 Å². The fraction of sp³-hybridized carbons (Fsp3) is 0.611. The van der Waals surface area contributed by atoms with Gasteiger partial charge in [-0.25, -0.2) is 0 Å². The van der Waals surface area contributed by atoms with Crippen molar-refractivity contribution in [2.24, 2.45) is 11.8 Å². The van der Waals surface area contributed by atoms with Crippen LogP contribution in [-0.2, 0) is 11.0 Å². The van der Waals surface area contributed by atoms with Crippen molar-refractivity contribution >= 4 is 23.2 Å². The maximum atomic E-state index is 12.8. The van der Waals surface area contributed by atoms with Gasteiger partial charge in [-0.05, 0) is 49.8 Å². The first kappa shape index (κ1) is 19.1. The standard InChI is InChI=1S/C18H23ClF3NO/c1-2-3-4-12-5-7-13(8-6-12)17(24)23-16-11-14(18(20,21)22)9-10-15(16)19/h9-13H,2-8H2,1H3,(H,23,24). The molecule has 1 aromatic carbocycles. The Morgan fingerprint density at radius 1 is 1.25 bits per heavy atom. The second kappa shape index (κ2) is 8.24. The van der Waals surface area contributed by atoms with Gasteiger partial charge in [0.05, 0.1) is 16.3 Å². The van der Waals surface area contributed by atoms with Gasteiger partial charge in [0.15, 0.2) is 0 Å². The van der Waals surface area contributed by atoms with E-state index in [1.165, 1.54) is 25.3 Å². The molecule has 1 saturated carbocycles. The molecule has 1 aromatic rings. The van der Waals surface area contributed by atoms with Gasteiger partial charge < -0.3 is 5.32 Å². The smallest absolute Gasteiger partial charge is 0.325 e. The van der Waals surface area contributed by atoms with Gasteiger partial charge in [0, 0.05) is 5.92 Å². The van der Waals surface area contributed by atoms with Crippen molar-refractivity contribution in [1.29, 1.82) is 0 Å². The van der Waals surface area contributed by atoms with E-state index in [1.807, 2.05) is 0 Å². The van der Waals surface area contributed by atoms with E-state index in [-0.39, 0.29) is 22.5 Å². The average molecular weight is 362 g/mol. The van der Waals surface area contributed by atoms with Crippen LogP contribution in [0.5, 0.6) is 0 Å². The summed E-state index contributed by atoms with van der Waals surface area (Å²) in [4.78, 5) is 12.4. The zero-order valence-electron chi connectivity index (χ0n) is 13.8. The van der Waals surface area contributed by atoms with Gasteiger partial charge in [-0.3, -0.25) is 4.79 Å². The lowest BCUT2D eigenvalue weighted by Gasteiger charge is -2.27. The third kappa shape index (κ3) is 5.13. The third-order valence-corrected chi connectivity index (χ3v) is 5.06.